The highest BCUT2D eigenvalue weighted by Crippen LogP contribution is 2.27. The standard InChI is InChI=1S/C22H16N2O8/c25-21(26)18-10-5-15(11-13-1-6-16(7-2-13)23(29)30)19(20(18)22(27)28)12-14-3-8-17(9-4-14)24(31)32/h1-10H,11-12H2,(H,25,26)(H,27,28). The summed E-state index contributed by atoms with van der Waals surface area (Å²) in [5.41, 5.74) is 1.05. The number of carboxylic acid groups (broad SMARTS) is 2. The fraction of sp³-hybridized carbons (Fsp3) is 0.0909. The normalized spacial score (nSPS) is 10.5. The van der Waals surface area contributed by atoms with Gasteiger partial charge in [-0.2, -0.15) is 0 Å². The van der Waals surface area contributed by atoms with Crippen molar-refractivity contribution in [2.75, 3.05) is 0 Å². The van der Waals surface area contributed by atoms with Crippen LogP contribution in [0.5, 0.6) is 0 Å². The van der Waals surface area contributed by atoms with Gasteiger partial charge in [0.05, 0.1) is 21.0 Å². The fourth-order valence-corrected chi connectivity index (χ4v) is 3.38. The lowest BCUT2D eigenvalue weighted by molar-refractivity contribution is -0.385. The SMILES string of the molecule is O=C(O)c1ccc(Cc2ccc([N+](=O)[O-])cc2)c(Cc2ccc([N+](=O)[O-])cc2)c1C(=O)O. The second kappa shape index (κ2) is 9.04. The molecule has 0 bridgehead atoms. The van der Waals surface area contributed by atoms with Gasteiger partial charge < -0.3 is 10.2 Å². The number of carboxylic acids is 2. The summed E-state index contributed by atoms with van der Waals surface area (Å²) in [5, 5.41) is 40.9. The highest BCUT2D eigenvalue weighted by Gasteiger charge is 2.23. The summed E-state index contributed by atoms with van der Waals surface area (Å²) in [6.45, 7) is 0. The minimum Gasteiger partial charge on any atom is -0.478 e. The third kappa shape index (κ3) is 4.75. The molecule has 0 heterocycles. The summed E-state index contributed by atoms with van der Waals surface area (Å²) >= 11 is 0. The van der Waals surface area contributed by atoms with Gasteiger partial charge in [0, 0.05) is 24.3 Å². The number of aromatic carboxylic acids is 2. The summed E-state index contributed by atoms with van der Waals surface area (Å²) in [7, 11) is 0. The van der Waals surface area contributed by atoms with E-state index in [9.17, 15) is 40.0 Å². The number of hydrogen-bond donors (Lipinski definition) is 2. The van der Waals surface area contributed by atoms with E-state index in [0.717, 1.165) is 0 Å². The number of nitrogens with zero attached hydrogens (tertiary/aromatic N) is 2. The third-order valence-corrected chi connectivity index (χ3v) is 4.92. The van der Waals surface area contributed by atoms with Crippen molar-refractivity contribution in [3.05, 3.63) is 114 Å². The van der Waals surface area contributed by atoms with E-state index in [-0.39, 0.29) is 40.9 Å². The van der Waals surface area contributed by atoms with Crippen LogP contribution in [0.15, 0.2) is 60.7 Å². The minimum atomic E-state index is -1.41. The van der Waals surface area contributed by atoms with Gasteiger partial charge in [-0.05, 0) is 41.2 Å². The van der Waals surface area contributed by atoms with E-state index < -0.39 is 21.8 Å². The van der Waals surface area contributed by atoms with Crippen LogP contribution in [-0.2, 0) is 12.8 Å². The summed E-state index contributed by atoms with van der Waals surface area (Å²) in [4.78, 5) is 44.2. The fourth-order valence-electron chi connectivity index (χ4n) is 3.38. The average Bonchev–Trinajstić information content (AvgIpc) is 2.75. The average molecular weight is 436 g/mol. The van der Waals surface area contributed by atoms with Crippen LogP contribution in [0.25, 0.3) is 0 Å². The lowest BCUT2D eigenvalue weighted by Crippen LogP contribution is -2.14. The zero-order valence-electron chi connectivity index (χ0n) is 16.4. The highest BCUT2D eigenvalue weighted by molar-refractivity contribution is 6.03. The molecule has 3 rings (SSSR count). The van der Waals surface area contributed by atoms with E-state index in [2.05, 4.69) is 0 Å². The van der Waals surface area contributed by atoms with Gasteiger partial charge in [0.15, 0.2) is 0 Å². The first-order chi connectivity index (χ1) is 15.2. The quantitative estimate of drug-likeness (QED) is 0.394. The Balaban J connectivity index is 2.08. The van der Waals surface area contributed by atoms with Crippen molar-refractivity contribution in [3.8, 4) is 0 Å². The van der Waals surface area contributed by atoms with Gasteiger partial charge in [0.25, 0.3) is 11.4 Å². The van der Waals surface area contributed by atoms with Crippen LogP contribution in [-0.4, -0.2) is 32.0 Å². The molecule has 0 saturated heterocycles. The molecular formula is C22H16N2O8. The van der Waals surface area contributed by atoms with E-state index in [1.807, 2.05) is 0 Å². The molecule has 0 fully saturated rings. The van der Waals surface area contributed by atoms with Gasteiger partial charge in [-0.15, -0.1) is 0 Å². The number of carbonyl (C=O) groups is 2. The lowest BCUT2D eigenvalue weighted by Gasteiger charge is -2.15. The number of nitro benzene ring substituents is 2. The Morgan fingerprint density at radius 2 is 1.16 bits per heavy atom. The molecule has 0 unspecified atom stereocenters. The van der Waals surface area contributed by atoms with Crippen molar-refractivity contribution in [2.45, 2.75) is 12.8 Å². The van der Waals surface area contributed by atoms with Crippen molar-refractivity contribution < 1.29 is 29.6 Å². The van der Waals surface area contributed by atoms with Gasteiger partial charge in [-0.3, -0.25) is 20.2 Å². The van der Waals surface area contributed by atoms with Gasteiger partial charge >= 0.3 is 11.9 Å². The van der Waals surface area contributed by atoms with E-state index in [1.165, 1.54) is 48.5 Å². The van der Waals surface area contributed by atoms with Crippen LogP contribution < -0.4 is 0 Å². The smallest absolute Gasteiger partial charge is 0.336 e. The second-order valence-electron chi connectivity index (χ2n) is 6.94. The van der Waals surface area contributed by atoms with Gasteiger partial charge in [0.1, 0.15) is 0 Å². The molecule has 162 valence electrons. The van der Waals surface area contributed by atoms with Crippen LogP contribution >= 0.6 is 0 Å². The summed E-state index contributed by atoms with van der Waals surface area (Å²) < 4.78 is 0. The Morgan fingerprint density at radius 1 is 0.688 bits per heavy atom. The number of non-ortho nitro benzene ring substituents is 2. The molecule has 0 aromatic heterocycles. The number of benzene rings is 3. The topological polar surface area (TPSA) is 161 Å². The third-order valence-electron chi connectivity index (χ3n) is 4.92. The van der Waals surface area contributed by atoms with Crippen LogP contribution in [0.4, 0.5) is 11.4 Å². The first kappa shape index (κ1) is 22.1. The molecule has 0 aliphatic carbocycles. The summed E-state index contributed by atoms with van der Waals surface area (Å²) in [5.74, 6) is -2.81. The number of nitro groups is 2. The predicted octanol–water partition coefficient (Wildman–Crippen LogP) is 4.08. The maximum atomic E-state index is 12.0. The molecule has 2 N–H and O–H groups in total. The van der Waals surface area contributed by atoms with Crippen molar-refractivity contribution in [2.24, 2.45) is 0 Å². The van der Waals surface area contributed by atoms with E-state index in [4.69, 9.17) is 0 Å². The Hall–Kier alpha value is -4.60. The Morgan fingerprint density at radius 3 is 1.56 bits per heavy atom. The maximum Gasteiger partial charge on any atom is 0.336 e. The molecule has 3 aromatic carbocycles. The Labute approximate surface area is 180 Å². The molecule has 32 heavy (non-hydrogen) atoms. The van der Waals surface area contributed by atoms with Gasteiger partial charge in [-0.25, -0.2) is 9.59 Å². The molecule has 3 aromatic rings. The molecule has 0 aliphatic heterocycles. The Bertz CT molecular complexity index is 1220. The summed E-state index contributed by atoms with van der Waals surface area (Å²) in [6.07, 6.45) is 0.240. The second-order valence-corrected chi connectivity index (χ2v) is 6.94. The zero-order valence-corrected chi connectivity index (χ0v) is 16.4. The molecular weight excluding hydrogens is 420 g/mol. The maximum absolute atomic E-state index is 12.0. The number of rotatable bonds is 8. The molecule has 0 atom stereocenters. The monoisotopic (exact) mass is 436 g/mol. The highest BCUT2D eigenvalue weighted by atomic mass is 16.6. The van der Waals surface area contributed by atoms with E-state index in [1.54, 1.807) is 12.1 Å². The lowest BCUT2D eigenvalue weighted by atomic mass is 9.88. The van der Waals surface area contributed by atoms with E-state index in [0.29, 0.717) is 16.7 Å². The minimum absolute atomic E-state index is 0.0308. The zero-order chi connectivity index (χ0) is 23.4. The van der Waals surface area contributed by atoms with E-state index >= 15 is 0 Å². The molecule has 0 aliphatic rings. The predicted molar refractivity (Wildman–Crippen MR) is 112 cm³/mol. The Kier molecular flexibility index (Phi) is 6.24. The van der Waals surface area contributed by atoms with Gasteiger partial charge in [0.2, 0.25) is 0 Å². The van der Waals surface area contributed by atoms with Crippen LogP contribution in [0, 0.1) is 20.2 Å². The molecule has 0 spiro atoms. The first-order valence-electron chi connectivity index (χ1n) is 9.25. The first-order valence-corrected chi connectivity index (χ1v) is 9.25. The molecule has 0 radical (unpaired) electrons. The van der Waals surface area contributed by atoms with Crippen LogP contribution in [0.2, 0.25) is 0 Å². The van der Waals surface area contributed by atoms with Crippen LogP contribution in [0.1, 0.15) is 43.0 Å². The van der Waals surface area contributed by atoms with Crippen molar-refractivity contribution in [3.63, 3.8) is 0 Å². The van der Waals surface area contributed by atoms with Crippen LogP contribution in [0.3, 0.4) is 0 Å². The van der Waals surface area contributed by atoms with Gasteiger partial charge in [-0.1, -0.05) is 30.3 Å². The van der Waals surface area contributed by atoms with Crippen molar-refractivity contribution >= 4 is 23.3 Å². The van der Waals surface area contributed by atoms with Crippen molar-refractivity contribution in [1.29, 1.82) is 0 Å². The summed E-state index contributed by atoms with van der Waals surface area (Å²) in [6, 6.07) is 14.0. The molecule has 10 heteroatoms. The molecule has 0 saturated carbocycles. The molecule has 0 amide bonds. The number of hydrogen-bond acceptors (Lipinski definition) is 6. The molecule has 10 nitrogen and oxygen atoms in total. The van der Waals surface area contributed by atoms with Crippen molar-refractivity contribution in [1.82, 2.24) is 0 Å². The largest absolute Gasteiger partial charge is 0.478 e.